The van der Waals surface area contributed by atoms with E-state index in [9.17, 15) is 4.79 Å². The third kappa shape index (κ3) is 4.45. The first-order valence-electron chi connectivity index (χ1n) is 9.62. The van der Waals surface area contributed by atoms with E-state index in [1.807, 2.05) is 48.5 Å². The van der Waals surface area contributed by atoms with E-state index < -0.39 is 0 Å². The summed E-state index contributed by atoms with van der Waals surface area (Å²) < 4.78 is 5.32. The number of carbonyl (C=O) groups excluding carboxylic acids is 1. The van der Waals surface area contributed by atoms with Crippen molar-refractivity contribution >= 4 is 28.9 Å². The van der Waals surface area contributed by atoms with E-state index in [1.54, 1.807) is 19.4 Å². The molecule has 0 bridgehead atoms. The molecule has 0 atom stereocenters. The van der Waals surface area contributed by atoms with Crippen LogP contribution in [0, 0.1) is 0 Å². The smallest absolute Gasteiger partial charge is 0.274 e. The summed E-state index contributed by atoms with van der Waals surface area (Å²) in [5.41, 5.74) is 2.92. The molecule has 7 nitrogen and oxygen atoms in total. The van der Waals surface area contributed by atoms with Crippen molar-refractivity contribution in [1.29, 1.82) is 0 Å². The van der Waals surface area contributed by atoms with Gasteiger partial charge in [-0.2, -0.15) is 0 Å². The van der Waals surface area contributed by atoms with Crippen LogP contribution in [0.15, 0.2) is 60.8 Å². The number of para-hydroxylation sites is 2. The number of benzene rings is 2. The average Bonchev–Trinajstić information content (AvgIpc) is 3.30. The van der Waals surface area contributed by atoms with Gasteiger partial charge in [-0.25, -0.2) is 9.97 Å². The highest BCUT2D eigenvalue weighted by Crippen LogP contribution is 2.26. The first kappa shape index (κ1) is 18.7. The zero-order valence-electron chi connectivity index (χ0n) is 16.3. The van der Waals surface area contributed by atoms with Crippen molar-refractivity contribution in [2.75, 3.05) is 35.7 Å². The van der Waals surface area contributed by atoms with Gasteiger partial charge in [0, 0.05) is 30.7 Å². The maximum absolute atomic E-state index is 12.6. The van der Waals surface area contributed by atoms with Crippen LogP contribution in [0.3, 0.4) is 0 Å². The van der Waals surface area contributed by atoms with Crippen LogP contribution in [0.4, 0.5) is 23.0 Å². The zero-order chi connectivity index (χ0) is 20.1. The van der Waals surface area contributed by atoms with Crippen LogP contribution in [-0.2, 0) is 0 Å². The Balaban J connectivity index is 1.44. The Hall–Kier alpha value is -3.61. The van der Waals surface area contributed by atoms with E-state index in [0.29, 0.717) is 11.7 Å². The Bertz CT molecular complexity index is 985. The standard InChI is InChI=1S/C22H23N5O2/c1-29-20-7-3-2-6-18(20)25-22-23-13-12-19(26-22)21(28)24-16-8-10-17(11-9-16)27-14-4-5-15-27/h2-3,6-13H,4-5,14-15H2,1H3,(H,24,28)(H,23,25,26). The Morgan fingerprint density at radius 2 is 1.79 bits per heavy atom. The molecule has 0 aliphatic carbocycles. The van der Waals surface area contributed by atoms with Gasteiger partial charge in [0.25, 0.3) is 5.91 Å². The minimum Gasteiger partial charge on any atom is -0.495 e. The minimum absolute atomic E-state index is 0.279. The van der Waals surface area contributed by atoms with Crippen LogP contribution >= 0.6 is 0 Å². The molecule has 1 amide bonds. The second-order valence-corrected chi connectivity index (χ2v) is 6.79. The molecule has 7 heteroatoms. The van der Waals surface area contributed by atoms with Gasteiger partial charge in [-0.3, -0.25) is 4.79 Å². The van der Waals surface area contributed by atoms with Crippen molar-refractivity contribution < 1.29 is 9.53 Å². The summed E-state index contributed by atoms with van der Waals surface area (Å²) >= 11 is 0. The molecule has 1 saturated heterocycles. The topological polar surface area (TPSA) is 79.4 Å². The van der Waals surface area contributed by atoms with Gasteiger partial charge in [-0.15, -0.1) is 0 Å². The lowest BCUT2D eigenvalue weighted by Gasteiger charge is -2.17. The highest BCUT2D eigenvalue weighted by Gasteiger charge is 2.13. The maximum Gasteiger partial charge on any atom is 0.274 e. The number of rotatable bonds is 6. The summed E-state index contributed by atoms with van der Waals surface area (Å²) in [6.45, 7) is 2.18. The van der Waals surface area contributed by atoms with E-state index in [-0.39, 0.29) is 11.6 Å². The van der Waals surface area contributed by atoms with Crippen molar-refractivity contribution in [2.24, 2.45) is 0 Å². The maximum atomic E-state index is 12.6. The number of carbonyl (C=O) groups is 1. The van der Waals surface area contributed by atoms with Crippen LogP contribution in [0.25, 0.3) is 0 Å². The van der Waals surface area contributed by atoms with Gasteiger partial charge < -0.3 is 20.3 Å². The lowest BCUT2D eigenvalue weighted by atomic mass is 10.2. The summed E-state index contributed by atoms with van der Waals surface area (Å²) in [5.74, 6) is 0.708. The van der Waals surface area contributed by atoms with Gasteiger partial charge in [0.15, 0.2) is 0 Å². The molecule has 148 valence electrons. The first-order valence-corrected chi connectivity index (χ1v) is 9.62. The van der Waals surface area contributed by atoms with Gasteiger partial charge in [0.05, 0.1) is 12.8 Å². The summed E-state index contributed by atoms with van der Waals surface area (Å²) in [7, 11) is 1.60. The molecule has 0 saturated carbocycles. The largest absolute Gasteiger partial charge is 0.495 e. The molecule has 4 rings (SSSR count). The average molecular weight is 389 g/mol. The number of hydrogen-bond acceptors (Lipinski definition) is 6. The monoisotopic (exact) mass is 389 g/mol. The highest BCUT2D eigenvalue weighted by atomic mass is 16.5. The van der Waals surface area contributed by atoms with Gasteiger partial charge in [-0.05, 0) is 55.3 Å². The van der Waals surface area contributed by atoms with E-state index >= 15 is 0 Å². The van der Waals surface area contributed by atoms with Crippen molar-refractivity contribution in [2.45, 2.75) is 12.8 Å². The van der Waals surface area contributed by atoms with Crippen molar-refractivity contribution in [3.8, 4) is 5.75 Å². The number of ether oxygens (including phenoxy) is 1. The molecule has 1 aromatic heterocycles. The molecule has 3 aromatic rings. The predicted octanol–water partition coefficient (Wildman–Crippen LogP) is 4.08. The second kappa shape index (κ2) is 8.60. The summed E-state index contributed by atoms with van der Waals surface area (Å²) in [5, 5.41) is 5.98. The molecule has 0 radical (unpaired) electrons. The fourth-order valence-electron chi connectivity index (χ4n) is 3.34. The molecule has 2 aromatic carbocycles. The predicted molar refractivity (Wildman–Crippen MR) is 114 cm³/mol. The summed E-state index contributed by atoms with van der Waals surface area (Å²) in [6, 6.07) is 17.0. The zero-order valence-corrected chi connectivity index (χ0v) is 16.3. The normalized spacial score (nSPS) is 13.2. The third-order valence-corrected chi connectivity index (χ3v) is 4.84. The number of methoxy groups -OCH3 is 1. The molecule has 0 spiro atoms. The highest BCUT2D eigenvalue weighted by molar-refractivity contribution is 6.03. The number of anilines is 4. The third-order valence-electron chi connectivity index (χ3n) is 4.84. The van der Waals surface area contributed by atoms with E-state index in [4.69, 9.17) is 4.74 Å². The lowest BCUT2D eigenvalue weighted by molar-refractivity contribution is 0.102. The van der Waals surface area contributed by atoms with Crippen molar-refractivity contribution in [3.05, 3.63) is 66.5 Å². The van der Waals surface area contributed by atoms with Crippen molar-refractivity contribution in [3.63, 3.8) is 0 Å². The van der Waals surface area contributed by atoms with Crippen molar-refractivity contribution in [1.82, 2.24) is 9.97 Å². The van der Waals surface area contributed by atoms with Crippen LogP contribution in [0.2, 0.25) is 0 Å². The number of amides is 1. The number of nitrogens with one attached hydrogen (secondary N) is 2. The molecule has 2 N–H and O–H groups in total. The second-order valence-electron chi connectivity index (χ2n) is 6.79. The number of hydrogen-bond donors (Lipinski definition) is 2. The fraction of sp³-hybridized carbons (Fsp3) is 0.227. The Kier molecular flexibility index (Phi) is 5.56. The molecular weight excluding hydrogens is 366 g/mol. The van der Waals surface area contributed by atoms with Crippen LogP contribution in [0.5, 0.6) is 5.75 Å². The quantitative estimate of drug-likeness (QED) is 0.661. The molecule has 2 heterocycles. The van der Waals surface area contributed by atoms with Gasteiger partial charge >= 0.3 is 0 Å². The Morgan fingerprint density at radius 1 is 1.03 bits per heavy atom. The van der Waals surface area contributed by atoms with Crippen LogP contribution in [0.1, 0.15) is 23.3 Å². The van der Waals surface area contributed by atoms with Gasteiger partial charge in [0.1, 0.15) is 11.4 Å². The lowest BCUT2D eigenvalue weighted by Crippen LogP contribution is -2.18. The molecule has 1 aliphatic rings. The summed E-state index contributed by atoms with van der Waals surface area (Å²) in [4.78, 5) is 23.5. The minimum atomic E-state index is -0.288. The number of nitrogens with zero attached hydrogens (tertiary/aromatic N) is 3. The molecule has 1 aliphatic heterocycles. The summed E-state index contributed by atoms with van der Waals surface area (Å²) in [6.07, 6.45) is 4.02. The van der Waals surface area contributed by atoms with E-state index in [1.165, 1.54) is 18.5 Å². The molecule has 29 heavy (non-hydrogen) atoms. The Labute approximate surface area is 169 Å². The fourth-order valence-corrected chi connectivity index (χ4v) is 3.34. The van der Waals surface area contributed by atoms with Gasteiger partial charge in [-0.1, -0.05) is 12.1 Å². The van der Waals surface area contributed by atoms with Crippen LogP contribution in [-0.4, -0.2) is 36.1 Å². The van der Waals surface area contributed by atoms with Crippen LogP contribution < -0.4 is 20.3 Å². The molecule has 0 unspecified atom stereocenters. The molecule has 1 fully saturated rings. The van der Waals surface area contributed by atoms with E-state index in [0.717, 1.165) is 24.5 Å². The van der Waals surface area contributed by atoms with Gasteiger partial charge in [0.2, 0.25) is 5.95 Å². The number of aromatic nitrogens is 2. The first-order chi connectivity index (χ1) is 14.2. The SMILES string of the molecule is COc1ccccc1Nc1nccc(C(=O)Nc2ccc(N3CCCC3)cc2)n1. The Morgan fingerprint density at radius 3 is 2.55 bits per heavy atom. The van der Waals surface area contributed by atoms with E-state index in [2.05, 4.69) is 25.5 Å². The molecular formula is C22H23N5O2.